The number of nitrogens with zero attached hydrogens (tertiary/aromatic N) is 1. The summed E-state index contributed by atoms with van der Waals surface area (Å²) >= 11 is 0. The summed E-state index contributed by atoms with van der Waals surface area (Å²) in [7, 11) is 0. The van der Waals surface area contributed by atoms with Crippen LogP contribution in [0, 0.1) is 0 Å². The number of alkyl halides is 6. The van der Waals surface area contributed by atoms with Crippen LogP contribution in [0.15, 0.2) is 23.2 Å². The molecule has 1 heterocycles. The number of rotatable bonds is 3. The standard InChI is InChI=1S/C12H10F6N2O/c13-11(14,15)7-1-8(12(16,17)18)3-10(2-7)21-5-9-4-19-6-20-9/h1-3,6,9H,4-5H2,(H,19,20). The lowest BCUT2D eigenvalue weighted by Gasteiger charge is -2.16. The van der Waals surface area contributed by atoms with Crippen molar-refractivity contribution in [2.75, 3.05) is 13.2 Å². The van der Waals surface area contributed by atoms with Gasteiger partial charge in [-0.25, -0.2) is 0 Å². The summed E-state index contributed by atoms with van der Waals surface area (Å²) in [5.41, 5.74) is -2.80. The molecular formula is C12H10F6N2O. The van der Waals surface area contributed by atoms with Gasteiger partial charge in [0.2, 0.25) is 0 Å². The highest BCUT2D eigenvalue weighted by Gasteiger charge is 2.37. The Hall–Kier alpha value is -1.93. The van der Waals surface area contributed by atoms with Gasteiger partial charge in [-0.3, -0.25) is 4.99 Å². The summed E-state index contributed by atoms with van der Waals surface area (Å²) in [6, 6.07) is 0.883. The van der Waals surface area contributed by atoms with Gasteiger partial charge < -0.3 is 10.1 Å². The van der Waals surface area contributed by atoms with Crippen LogP contribution in [0.4, 0.5) is 26.3 Å². The van der Waals surface area contributed by atoms with Gasteiger partial charge in [-0.15, -0.1) is 0 Å². The first-order chi connectivity index (χ1) is 9.66. The number of benzene rings is 1. The number of hydrogen-bond acceptors (Lipinski definition) is 3. The van der Waals surface area contributed by atoms with Crippen molar-refractivity contribution in [2.24, 2.45) is 4.99 Å². The molecular weight excluding hydrogens is 302 g/mol. The topological polar surface area (TPSA) is 33.6 Å². The molecule has 1 unspecified atom stereocenters. The van der Waals surface area contributed by atoms with Gasteiger partial charge in [0.15, 0.2) is 0 Å². The van der Waals surface area contributed by atoms with Crippen LogP contribution >= 0.6 is 0 Å². The molecule has 9 heteroatoms. The number of ether oxygens (including phenoxy) is 1. The molecule has 2 rings (SSSR count). The number of aliphatic imine (C=N–C) groups is 1. The van der Waals surface area contributed by atoms with E-state index in [0.717, 1.165) is 0 Å². The normalized spacial score (nSPS) is 18.7. The first-order valence-electron chi connectivity index (χ1n) is 5.83. The zero-order chi connectivity index (χ0) is 15.7. The van der Waals surface area contributed by atoms with Crippen molar-refractivity contribution in [3.8, 4) is 5.75 Å². The first kappa shape index (κ1) is 15.5. The van der Waals surface area contributed by atoms with Crippen LogP contribution in [-0.4, -0.2) is 25.5 Å². The molecule has 0 saturated carbocycles. The SMILES string of the molecule is FC(F)(F)c1cc(OCC2CN=CN2)cc(C(F)(F)F)c1. The molecule has 1 aliphatic heterocycles. The van der Waals surface area contributed by atoms with E-state index in [2.05, 4.69) is 10.3 Å². The second-order valence-electron chi connectivity index (χ2n) is 4.41. The Bertz CT molecular complexity index is 497. The Kier molecular flexibility index (Phi) is 4.02. The molecule has 0 amide bonds. The second kappa shape index (κ2) is 5.45. The number of nitrogens with one attached hydrogen (secondary N) is 1. The largest absolute Gasteiger partial charge is 0.491 e. The van der Waals surface area contributed by atoms with Crippen LogP contribution in [0.5, 0.6) is 5.75 Å². The van der Waals surface area contributed by atoms with Crippen LogP contribution in [-0.2, 0) is 12.4 Å². The Morgan fingerprint density at radius 1 is 1.05 bits per heavy atom. The molecule has 1 atom stereocenters. The van der Waals surface area contributed by atoms with Gasteiger partial charge in [-0.1, -0.05) is 0 Å². The molecule has 0 bridgehead atoms. The van der Waals surface area contributed by atoms with Crippen molar-refractivity contribution in [3.63, 3.8) is 0 Å². The number of halogens is 6. The van der Waals surface area contributed by atoms with Crippen LogP contribution in [0.1, 0.15) is 11.1 Å². The molecule has 1 aromatic rings. The highest BCUT2D eigenvalue weighted by atomic mass is 19.4. The molecule has 3 nitrogen and oxygen atoms in total. The van der Waals surface area contributed by atoms with E-state index in [1.54, 1.807) is 0 Å². The third-order valence-electron chi connectivity index (χ3n) is 2.74. The zero-order valence-electron chi connectivity index (χ0n) is 10.4. The van der Waals surface area contributed by atoms with Crippen molar-refractivity contribution >= 4 is 6.34 Å². The Labute approximate surface area is 115 Å². The molecule has 1 aromatic carbocycles. The van der Waals surface area contributed by atoms with Gasteiger partial charge in [0.05, 0.1) is 30.1 Å². The second-order valence-corrected chi connectivity index (χ2v) is 4.41. The van der Waals surface area contributed by atoms with Crippen molar-refractivity contribution in [2.45, 2.75) is 18.4 Å². The Balaban J connectivity index is 2.22. The molecule has 116 valence electrons. The van der Waals surface area contributed by atoms with Gasteiger partial charge in [-0.2, -0.15) is 26.3 Å². The van der Waals surface area contributed by atoms with Gasteiger partial charge in [0.1, 0.15) is 12.4 Å². The average Bonchev–Trinajstić information content (AvgIpc) is 2.87. The van der Waals surface area contributed by atoms with E-state index in [-0.39, 0.29) is 18.7 Å². The summed E-state index contributed by atoms with van der Waals surface area (Å²) in [5, 5.41) is 2.76. The van der Waals surface area contributed by atoms with Crippen LogP contribution in [0.25, 0.3) is 0 Å². The summed E-state index contributed by atoms with van der Waals surface area (Å²) in [5.74, 6) is -0.481. The van der Waals surface area contributed by atoms with E-state index < -0.39 is 29.2 Å². The van der Waals surface area contributed by atoms with Crippen LogP contribution in [0.3, 0.4) is 0 Å². The van der Waals surface area contributed by atoms with E-state index in [1.807, 2.05) is 0 Å². The van der Waals surface area contributed by atoms with E-state index in [4.69, 9.17) is 4.74 Å². The molecule has 0 aromatic heterocycles. The lowest BCUT2D eigenvalue weighted by molar-refractivity contribution is -0.143. The molecule has 0 radical (unpaired) electrons. The fourth-order valence-corrected chi connectivity index (χ4v) is 1.70. The summed E-state index contributed by atoms with van der Waals surface area (Å²) in [4.78, 5) is 3.81. The maximum atomic E-state index is 12.6. The molecule has 21 heavy (non-hydrogen) atoms. The monoisotopic (exact) mass is 312 g/mol. The van der Waals surface area contributed by atoms with Gasteiger partial charge in [-0.05, 0) is 18.2 Å². The lowest BCUT2D eigenvalue weighted by Crippen LogP contribution is -2.31. The molecule has 1 aliphatic rings. The maximum Gasteiger partial charge on any atom is 0.416 e. The van der Waals surface area contributed by atoms with Gasteiger partial charge >= 0.3 is 12.4 Å². The molecule has 0 aliphatic carbocycles. The fraction of sp³-hybridized carbons (Fsp3) is 0.417. The molecule has 1 N–H and O–H groups in total. The fourth-order valence-electron chi connectivity index (χ4n) is 1.70. The van der Waals surface area contributed by atoms with E-state index in [1.165, 1.54) is 6.34 Å². The minimum absolute atomic E-state index is 0.0593. The smallest absolute Gasteiger partial charge is 0.416 e. The lowest BCUT2D eigenvalue weighted by atomic mass is 10.1. The van der Waals surface area contributed by atoms with Crippen molar-refractivity contribution < 1.29 is 31.1 Å². The number of hydrogen-bond donors (Lipinski definition) is 1. The third-order valence-corrected chi connectivity index (χ3v) is 2.74. The molecule has 0 saturated heterocycles. The molecule has 0 fully saturated rings. The van der Waals surface area contributed by atoms with Crippen molar-refractivity contribution in [3.05, 3.63) is 29.3 Å². The highest BCUT2D eigenvalue weighted by molar-refractivity contribution is 5.57. The maximum absolute atomic E-state index is 12.6. The van der Waals surface area contributed by atoms with Crippen molar-refractivity contribution in [1.82, 2.24) is 5.32 Å². The Morgan fingerprint density at radius 2 is 1.62 bits per heavy atom. The zero-order valence-corrected chi connectivity index (χ0v) is 10.4. The highest BCUT2D eigenvalue weighted by Crippen LogP contribution is 2.38. The summed E-state index contributed by atoms with van der Waals surface area (Å²) < 4.78 is 80.8. The quantitative estimate of drug-likeness (QED) is 0.870. The summed E-state index contributed by atoms with van der Waals surface area (Å²) in [6.45, 7) is 0.268. The van der Waals surface area contributed by atoms with Gasteiger partial charge in [0.25, 0.3) is 0 Å². The predicted molar refractivity (Wildman–Crippen MR) is 62.2 cm³/mol. The van der Waals surface area contributed by atoms with Gasteiger partial charge in [0, 0.05) is 0 Å². The minimum atomic E-state index is -4.88. The average molecular weight is 312 g/mol. The summed E-state index contributed by atoms with van der Waals surface area (Å²) in [6.07, 6.45) is -8.36. The van der Waals surface area contributed by atoms with Crippen LogP contribution < -0.4 is 10.1 Å². The van der Waals surface area contributed by atoms with E-state index >= 15 is 0 Å². The van der Waals surface area contributed by atoms with Crippen molar-refractivity contribution in [1.29, 1.82) is 0 Å². The third kappa shape index (κ3) is 4.02. The van der Waals surface area contributed by atoms with E-state index in [9.17, 15) is 26.3 Å². The predicted octanol–water partition coefficient (Wildman–Crippen LogP) is 3.10. The van der Waals surface area contributed by atoms with E-state index in [0.29, 0.717) is 18.7 Å². The molecule has 0 spiro atoms. The first-order valence-corrected chi connectivity index (χ1v) is 5.83. The van der Waals surface area contributed by atoms with Crippen LogP contribution in [0.2, 0.25) is 0 Å². The minimum Gasteiger partial charge on any atom is -0.491 e. The Morgan fingerprint density at radius 3 is 2.05 bits per heavy atom.